The summed E-state index contributed by atoms with van der Waals surface area (Å²) in [6, 6.07) is 8.52. The van der Waals surface area contributed by atoms with Gasteiger partial charge in [-0.15, -0.1) is 0 Å². The van der Waals surface area contributed by atoms with Crippen molar-refractivity contribution in [3.63, 3.8) is 0 Å². The van der Waals surface area contributed by atoms with Crippen molar-refractivity contribution in [1.82, 2.24) is 0 Å². The highest BCUT2D eigenvalue weighted by molar-refractivity contribution is 5.21. The quantitative estimate of drug-likeness (QED) is 0.481. The molecular weight excluding hydrogens is 256 g/mol. The van der Waals surface area contributed by atoms with Crippen molar-refractivity contribution in [3.8, 4) is 0 Å². The second kappa shape index (κ2) is 11.8. The lowest BCUT2D eigenvalue weighted by Gasteiger charge is -2.10. The monoisotopic (exact) mass is 290 g/mol. The third-order valence-electron chi connectivity index (χ3n) is 4.23. The molecule has 1 unspecified atom stereocenters. The van der Waals surface area contributed by atoms with Crippen LogP contribution in [0.3, 0.4) is 0 Å². The van der Waals surface area contributed by atoms with Crippen LogP contribution in [0.5, 0.6) is 0 Å². The van der Waals surface area contributed by atoms with Crippen molar-refractivity contribution >= 4 is 0 Å². The molecule has 120 valence electrons. The molecule has 1 aromatic carbocycles. The van der Waals surface area contributed by atoms with E-state index >= 15 is 0 Å². The summed E-state index contributed by atoms with van der Waals surface area (Å²) in [7, 11) is 0. The summed E-state index contributed by atoms with van der Waals surface area (Å²) >= 11 is 0. The van der Waals surface area contributed by atoms with Crippen molar-refractivity contribution in [2.24, 2.45) is 0 Å². The van der Waals surface area contributed by atoms with Gasteiger partial charge in [0.05, 0.1) is 6.10 Å². The Morgan fingerprint density at radius 3 is 1.90 bits per heavy atom. The number of aliphatic hydroxyl groups excluding tert-OH is 1. The van der Waals surface area contributed by atoms with E-state index in [0.29, 0.717) is 0 Å². The number of aliphatic hydroxyl groups is 1. The minimum atomic E-state index is -0.169. The summed E-state index contributed by atoms with van der Waals surface area (Å²) in [5, 5.41) is 10.1. The molecule has 21 heavy (non-hydrogen) atoms. The Morgan fingerprint density at radius 2 is 1.33 bits per heavy atom. The number of hydrogen-bond acceptors (Lipinski definition) is 1. The Morgan fingerprint density at radius 1 is 0.810 bits per heavy atom. The van der Waals surface area contributed by atoms with E-state index in [2.05, 4.69) is 38.1 Å². The molecule has 1 nitrogen and oxygen atoms in total. The van der Waals surface area contributed by atoms with Crippen LogP contribution in [0.25, 0.3) is 0 Å². The average molecular weight is 290 g/mol. The van der Waals surface area contributed by atoms with Gasteiger partial charge in [0.1, 0.15) is 0 Å². The number of unbranched alkanes of at least 4 members (excludes halogenated alkanes) is 8. The van der Waals surface area contributed by atoms with Gasteiger partial charge in [-0.1, -0.05) is 94.5 Å². The lowest BCUT2D eigenvalue weighted by Crippen LogP contribution is -2.10. The molecule has 1 atom stereocenters. The van der Waals surface area contributed by atoms with Gasteiger partial charge in [0.15, 0.2) is 0 Å². The van der Waals surface area contributed by atoms with Gasteiger partial charge in [0.25, 0.3) is 0 Å². The highest BCUT2D eigenvalue weighted by atomic mass is 16.3. The lowest BCUT2D eigenvalue weighted by molar-refractivity contribution is 0.161. The van der Waals surface area contributed by atoms with E-state index in [1.807, 2.05) is 0 Å². The first-order chi connectivity index (χ1) is 10.2. The van der Waals surface area contributed by atoms with E-state index in [-0.39, 0.29) is 6.10 Å². The molecule has 0 fully saturated rings. The van der Waals surface area contributed by atoms with Gasteiger partial charge < -0.3 is 5.11 Å². The Kier molecular flexibility index (Phi) is 10.2. The van der Waals surface area contributed by atoms with Gasteiger partial charge in [0.2, 0.25) is 0 Å². The fourth-order valence-electron chi connectivity index (χ4n) is 2.79. The molecular formula is C20H34O. The van der Waals surface area contributed by atoms with Gasteiger partial charge in [-0.05, 0) is 25.3 Å². The fraction of sp³-hybridized carbons (Fsp3) is 0.700. The molecule has 0 heterocycles. The summed E-state index contributed by atoms with van der Waals surface area (Å²) in [6.45, 7) is 4.37. The number of hydrogen-bond donors (Lipinski definition) is 1. The van der Waals surface area contributed by atoms with E-state index in [1.165, 1.54) is 68.9 Å². The molecule has 0 radical (unpaired) electrons. The Hall–Kier alpha value is -0.820. The van der Waals surface area contributed by atoms with E-state index < -0.39 is 0 Å². The molecule has 1 heteroatoms. The van der Waals surface area contributed by atoms with E-state index in [9.17, 15) is 5.11 Å². The van der Waals surface area contributed by atoms with Crippen molar-refractivity contribution in [1.29, 1.82) is 0 Å². The minimum Gasteiger partial charge on any atom is -0.393 e. The van der Waals surface area contributed by atoms with Crippen molar-refractivity contribution in [2.45, 2.75) is 90.6 Å². The largest absolute Gasteiger partial charge is 0.393 e. The smallest absolute Gasteiger partial charge is 0.0580 e. The molecule has 0 aromatic heterocycles. The summed E-state index contributed by atoms with van der Waals surface area (Å²) < 4.78 is 0. The zero-order valence-corrected chi connectivity index (χ0v) is 14.1. The summed E-state index contributed by atoms with van der Waals surface area (Å²) in [5.41, 5.74) is 2.54. The van der Waals surface area contributed by atoms with Crippen LogP contribution in [0.15, 0.2) is 24.3 Å². The zero-order chi connectivity index (χ0) is 15.3. The molecule has 0 spiro atoms. The predicted molar refractivity (Wildman–Crippen MR) is 92.7 cm³/mol. The van der Waals surface area contributed by atoms with Crippen LogP contribution in [0.4, 0.5) is 0 Å². The van der Waals surface area contributed by atoms with E-state index in [0.717, 1.165) is 12.8 Å². The van der Waals surface area contributed by atoms with E-state index in [4.69, 9.17) is 0 Å². The maximum atomic E-state index is 10.1. The van der Waals surface area contributed by atoms with Gasteiger partial charge in [0, 0.05) is 0 Å². The van der Waals surface area contributed by atoms with Crippen LogP contribution in [0, 0.1) is 6.92 Å². The standard InChI is InChI=1S/C20H34O/c1-3-4-5-6-7-8-9-10-11-12-20(21)17-19-15-13-18(2)14-16-19/h13-16,20-21H,3-12,17H2,1-2H3. The van der Waals surface area contributed by atoms with Gasteiger partial charge in [-0.2, -0.15) is 0 Å². The summed E-state index contributed by atoms with van der Waals surface area (Å²) in [6.07, 6.45) is 13.7. The van der Waals surface area contributed by atoms with Crippen LogP contribution in [0.1, 0.15) is 82.3 Å². The van der Waals surface area contributed by atoms with Crippen LogP contribution >= 0.6 is 0 Å². The fourth-order valence-corrected chi connectivity index (χ4v) is 2.79. The topological polar surface area (TPSA) is 20.2 Å². The van der Waals surface area contributed by atoms with Crippen LogP contribution in [-0.2, 0) is 6.42 Å². The predicted octanol–water partition coefficient (Wildman–Crippen LogP) is 5.82. The molecule has 1 aromatic rings. The zero-order valence-electron chi connectivity index (χ0n) is 14.1. The molecule has 0 bridgehead atoms. The van der Waals surface area contributed by atoms with Crippen molar-refractivity contribution in [3.05, 3.63) is 35.4 Å². The van der Waals surface area contributed by atoms with Crippen LogP contribution in [0.2, 0.25) is 0 Å². The maximum Gasteiger partial charge on any atom is 0.0580 e. The number of benzene rings is 1. The number of rotatable bonds is 12. The summed E-state index contributed by atoms with van der Waals surface area (Å²) in [4.78, 5) is 0. The Balaban J connectivity index is 1.96. The third-order valence-corrected chi connectivity index (χ3v) is 4.23. The highest BCUT2D eigenvalue weighted by Crippen LogP contribution is 2.13. The molecule has 0 saturated heterocycles. The SMILES string of the molecule is CCCCCCCCCCCC(O)Cc1ccc(C)cc1. The van der Waals surface area contributed by atoms with E-state index in [1.54, 1.807) is 0 Å². The Labute approximate surface area is 131 Å². The highest BCUT2D eigenvalue weighted by Gasteiger charge is 2.05. The van der Waals surface area contributed by atoms with Gasteiger partial charge >= 0.3 is 0 Å². The first kappa shape index (κ1) is 18.2. The molecule has 0 aliphatic heterocycles. The third kappa shape index (κ3) is 9.68. The molecule has 1 rings (SSSR count). The second-order valence-corrected chi connectivity index (χ2v) is 6.46. The molecule has 0 aliphatic rings. The first-order valence-corrected chi connectivity index (χ1v) is 8.96. The average Bonchev–Trinajstić information content (AvgIpc) is 2.48. The maximum absolute atomic E-state index is 10.1. The minimum absolute atomic E-state index is 0.169. The lowest BCUT2D eigenvalue weighted by atomic mass is 10.0. The Bertz CT molecular complexity index is 341. The molecule has 0 aliphatic carbocycles. The second-order valence-electron chi connectivity index (χ2n) is 6.46. The first-order valence-electron chi connectivity index (χ1n) is 8.96. The van der Waals surface area contributed by atoms with Gasteiger partial charge in [-0.3, -0.25) is 0 Å². The molecule has 0 saturated carbocycles. The molecule has 1 N–H and O–H groups in total. The van der Waals surface area contributed by atoms with Crippen LogP contribution in [-0.4, -0.2) is 11.2 Å². The van der Waals surface area contributed by atoms with Crippen LogP contribution < -0.4 is 0 Å². The summed E-state index contributed by atoms with van der Waals surface area (Å²) in [5.74, 6) is 0. The van der Waals surface area contributed by atoms with Crippen molar-refractivity contribution in [2.75, 3.05) is 0 Å². The normalized spacial score (nSPS) is 12.5. The number of aryl methyl sites for hydroxylation is 1. The van der Waals surface area contributed by atoms with Gasteiger partial charge in [-0.25, -0.2) is 0 Å². The van der Waals surface area contributed by atoms with Crippen molar-refractivity contribution < 1.29 is 5.11 Å². The molecule has 0 amide bonds.